The summed E-state index contributed by atoms with van der Waals surface area (Å²) in [5.74, 6) is 0.0612. The van der Waals surface area contributed by atoms with Gasteiger partial charge in [-0.05, 0) is 19.9 Å². The van der Waals surface area contributed by atoms with E-state index in [-0.39, 0.29) is 22.0 Å². The number of sulfonamides is 1. The van der Waals surface area contributed by atoms with Crippen LogP contribution in [-0.2, 0) is 10.0 Å². The lowest BCUT2D eigenvalue weighted by Gasteiger charge is -2.01. The van der Waals surface area contributed by atoms with E-state index in [1.54, 1.807) is 13.8 Å². The van der Waals surface area contributed by atoms with Gasteiger partial charge in [0.05, 0.1) is 4.92 Å². The molecule has 0 saturated carbocycles. The lowest BCUT2D eigenvalue weighted by atomic mass is 10.2. The fraction of sp³-hybridized carbons (Fsp3) is 0.200. The van der Waals surface area contributed by atoms with Gasteiger partial charge in [-0.3, -0.25) is 15.5 Å². The topological polar surface area (TPSA) is 114 Å². The minimum atomic E-state index is -3.91. The molecule has 100 valence electrons. The predicted molar refractivity (Wildman–Crippen MR) is 68.7 cm³/mol. The summed E-state index contributed by atoms with van der Waals surface area (Å²) in [6.45, 7) is 3.46. The van der Waals surface area contributed by atoms with Crippen molar-refractivity contribution in [2.75, 3.05) is 0 Å². The smallest absolute Gasteiger partial charge is 0.260 e. The number of non-ortho nitro benzene ring substituents is 1. The van der Waals surface area contributed by atoms with E-state index in [0.29, 0.717) is 5.71 Å². The summed E-state index contributed by atoms with van der Waals surface area (Å²) >= 11 is 0. The fourth-order valence-electron chi connectivity index (χ4n) is 1.50. The van der Waals surface area contributed by atoms with Crippen LogP contribution < -0.4 is 5.43 Å². The number of hydrogen-bond acceptors (Lipinski definition) is 6. The van der Waals surface area contributed by atoms with E-state index in [0.717, 1.165) is 6.07 Å². The van der Waals surface area contributed by atoms with Gasteiger partial charge in [0.1, 0.15) is 4.90 Å². The second-order valence-electron chi connectivity index (χ2n) is 4.02. The monoisotopic (exact) mass is 282 g/mol. The van der Waals surface area contributed by atoms with Gasteiger partial charge in [0.15, 0.2) is 5.84 Å². The molecule has 1 aliphatic heterocycles. The number of nitrogens with zero attached hydrogens (tertiary/aromatic N) is 3. The van der Waals surface area contributed by atoms with Crippen molar-refractivity contribution in [3.8, 4) is 0 Å². The van der Waals surface area contributed by atoms with E-state index in [1.165, 1.54) is 12.1 Å². The molecule has 0 atom stereocenters. The molecule has 0 bridgehead atoms. The van der Waals surface area contributed by atoms with Gasteiger partial charge in [-0.25, -0.2) is 0 Å². The molecule has 19 heavy (non-hydrogen) atoms. The van der Waals surface area contributed by atoms with Crippen LogP contribution in [0.4, 0.5) is 5.69 Å². The number of nitro groups is 1. The highest BCUT2D eigenvalue weighted by molar-refractivity contribution is 7.90. The largest absolute Gasteiger partial charge is 0.285 e. The van der Waals surface area contributed by atoms with E-state index in [9.17, 15) is 18.5 Å². The van der Waals surface area contributed by atoms with Gasteiger partial charge in [-0.15, -0.1) is 4.40 Å². The number of hydrazone groups is 1. The Morgan fingerprint density at radius 3 is 2.68 bits per heavy atom. The molecule has 2 rings (SSSR count). The third-order valence-corrected chi connectivity index (χ3v) is 3.62. The summed E-state index contributed by atoms with van der Waals surface area (Å²) in [6.07, 6.45) is 0. The highest BCUT2D eigenvalue weighted by Crippen LogP contribution is 2.29. The van der Waals surface area contributed by atoms with Crippen LogP contribution in [0.1, 0.15) is 19.4 Å². The summed E-state index contributed by atoms with van der Waals surface area (Å²) in [7, 11) is -3.91. The Kier molecular flexibility index (Phi) is 3.06. The normalized spacial score (nSPS) is 15.4. The van der Waals surface area contributed by atoms with Gasteiger partial charge in [-0.1, -0.05) is 0 Å². The number of amidine groups is 1. The zero-order valence-electron chi connectivity index (χ0n) is 10.1. The zero-order valence-corrected chi connectivity index (χ0v) is 10.9. The second kappa shape index (κ2) is 4.43. The fourth-order valence-corrected chi connectivity index (χ4v) is 2.69. The van der Waals surface area contributed by atoms with Crippen LogP contribution in [0.25, 0.3) is 0 Å². The van der Waals surface area contributed by atoms with Crippen molar-refractivity contribution in [2.24, 2.45) is 9.50 Å². The second-order valence-corrected chi connectivity index (χ2v) is 5.60. The number of rotatable bonds is 2. The molecular weight excluding hydrogens is 272 g/mol. The lowest BCUT2D eigenvalue weighted by Crippen LogP contribution is -2.18. The molecule has 0 spiro atoms. The Labute approximate surface area is 109 Å². The van der Waals surface area contributed by atoms with Crippen molar-refractivity contribution in [2.45, 2.75) is 18.7 Å². The van der Waals surface area contributed by atoms with Crippen LogP contribution in [0.3, 0.4) is 0 Å². The average Bonchev–Trinajstić information content (AvgIpc) is 2.58. The molecule has 0 aromatic heterocycles. The number of nitro benzene ring substituents is 1. The summed E-state index contributed by atoms with van der Waals surface area (Å²) in [5.41, 5.74) is 3.20. The molecule has 0 unspecified atom stereocenters. The Morgan fingerprint density at radius 1 is 1.42 bits per heavy atom. The van der Waals surface area contributed by atoms with E-state index in [1.807, 2.05) is 0 Å². The summed E-state index contributed by atoms with van der Waals surface area (Å²) in [5, 5.41) is 14.5. The third kappa shape index (κ3) is 2.45. The van der Waals surface area contributed by atoms with Crippen LogP contribution in [0.15, 0.2) is 32.6 Å². The van der Waals surface area contributed by atoms with E-state index >= 15 is 0 Å². The first-order chi connectivity index (χ1) is 8.81. The molecule has 1 aromatic rings. The Balaban J connectivity index is 2.52. The Hall–Kier alpha value is -2.29. The average molecular weight is 282 g/mol. The molecule has 0 amide bonds. The molecule has 1 aliphatic rings. The minimum Gasteiger partial charge on any atom is -0.260 e. The molecule has 8 nitrogen and oxygen atoms in total. The predicted octanol–water partition coefficient (Wildman–Crippen LogP) is 1.03. The minimum absolute atomic E-state index is 0.0612. The van der Waals surface area contributed by atoms with Crippen molar-refractivity contribution < 1.29 is 13.3 Å². The van der Waals surface area contributed by atoms with E-state index in [4.69, 9.17) is 0 Å². The number of hydrogen-bond donors (Lipinski definition) is 1. The van der Waals surface area contributed by atoms with Gasteiger partial charge < -0.3 is 0 Å². The van der Waals surface area contributed by atoms with Crippen molar-refractivity contribution in [3.05, 3.63) is 33.9 Å². The van der Waals surface area contributed by atoms with Crippen LogP contribution in [-0.4, -0.2) is 24.9 Å². The van der Waals surface area contributed by atoms with Crippen molar-refractivity contribution >= 4 is 27.3 Å². The zero-order chi connectivity index (χ0) is 14.2. The maximum absolute atomic E-state index is 11.8. The van der Waals surface area contributed by atoms with Gasteiger partial charge in [0, 0.05) is 23.4 Å². The molecule has 0 saturated heterocycles. The van der Waals surface area contributed by atoms with E-state index in [2.05, 4.69) is 14.9 Å². The van der Waals surface area contributed by atoms with Crippen LogP contribution in [0.2, 0.25) is 0 Å². The number of nitrogens with one attached hydrogen (secondary N) is 1. The van der Waals surface area contributed by atoms with Gasteiger partial charge in [-0.2, -0.15) is 13.5 Å². The maximum Gasteiger partial charge on any atom is 0.285 e. The molecule has 1 heterocycles. The lowest BCUT2D eigenvalue weighted by molar-refractivity contribution is -0.385. The molecule has 0 radical (unpaired) electrons. The van der Waals surface area contributed by atoms with Gasteiger partial charge in [0.25, 0.3) is 15.7 Å². The first kappa shape index (κ1) is 13.1. The molecular formula is C10H10N4O4S. The molecule has 0 aliphatic carbocycles. The standard InChI is InChI=1S/C10H10N4O4S/c1-6(2)11-12-10-8-4-3-7(14(15)16)5-9(8)19(17,18)13-10/h3-5H,1-2H3,(H,12,13). The summed E-state index contributed by atoms with van der Waals surface area (Å²) in [6, 6.07) is 3.55. The molecule has 0 fully saturated rings. The third-order valence-electron chi connectivity index (χ3n) is 2.31. The highest BCUT2D eigenvalue weighted by Gasteiger charge is 2.30. The van der Waals surface area contributed by atoms with Crippen LogP contribution >= 0.6 is 0 Å². The van der Waals surface area contributed by atoms with Gasteiger partial charge >= 0.3 is 0 Å². The first-order valence-electron chi connectivity index (χ1n) is 5.22. The molecule has 1 aromatic carbocycles. The number of fused-ring (bicyclic) bond motifs is 1. The summed E-state index contributed by atoms with van der Waals surface area (Å²) < 4.78 is 27.1. The van der Waals surface area contributed by atoms with Crippen LogP contribution in [0.5, 0.6) is 0 Å². The van der Waals surface area contributed by atoms with E-state index < -0.39 is 14.9 Å². The quantitative estimate of drug-likeness (QED) is 0.494. The number of benzene rings is 1. The van der Waals surface area contributed by atoms with Crippen molar-refractivity contribution in [1.82, 2.24) is 5.43 Å². The van der Waals surface area contributed by atoms with Crippen LogP contribution in [0, 0.1) is 10.1 Å². The summed E-state index contributed by atoms with van der Waals surface area (Å²) in [4.78, 5) is 9.80. The molecule has 1 N–H and O–H groups in total. The Bertz CT molecular complexity index is 717. The maximum atomic E-state index is 11.8. The first-order valence-corrected chi connectivity index (χ1v) is 6.66. The van der Waals surface area contributed by atoms with Gasteiger partial charge in [0.2, 0.25) is 0 Å². The Morgan fingerprint density at radius 2 is 2.11 bits per heavy atom. The molecule has 9 heteroatoms. The van der Waals surface area contributed by atoms with Crippen molar-refractivity contribution in [3.63, 3.8) is 0 Å². The highest BCUT2D eigenvalue weighted by atomic mass is 32.2. The van der Waals surface area contributed by atoms with Crippen molar-refractivity contribution in [1.29, 1.82) is 0 Å². The SMILES string of the molecule is CC(C)=NNC1=NS(=O)(=O)c2cc([N+](=O)[O-])ccc21.